The van der Waals surface area contributed by atoms with Gasteiger partial charge in [-0.05, 0) is 30.4 Å². The normalized spacial score (nSPS) is 20.9. The molecule has 1 heterocycles. The van der Waals surface area contributed by atoms with Gasteiger partial charge in [0.2, 0.25) is 0 Å². The summed E-state index contributed by atoms with van der Waals surface area (Å²) in [7, 11) is 0. The molecule has 1 aromatic heterocycles. The Hall–Kier alpha value is -1.70. The highest BCUT2D eigenvalue weighted by Gasteiger charge is 2.21. The van der Waals surface area contributed by atoms with Crippen LogP contribution in [-0.2, 0) is 4.79 Å². The number of rotatable bonds is 1. The fourth-order valence-corrected chi connectivity index (χ4v) is 2.91. The monoisotopic (exact) mass is 239 g/mol. The number of benzene rings is 1. The molecular weight excluding hydrogens is 222 g/mol. The molecule has 2 aromatic rings. The van der Waals surface area contributed by atoms with Crippen LogP contribution in [0.25, 0.3) is 10.9 Å². The molecule has 1 atom stereocenters. The summed E-state index contributed by atoms with van der Waals surface area (Å²) in [5.41, 5.74) is 2.32. The molecule has 0 saturated heterocycles. The third-order valence-electron chi connectivity index (χ3n) is 3.84. The van der Waals surface area contributed by atoms with Crippen molar-refractivity contribution in [2.45, 2.75) is 38.0 Å². The maximum Gasteiger partial charge on any atom is 0.133 e. The third kappa shape index (κ3) is 2.15. The molecule has 1 aromatic carbocycles. The van der Waals surface area contributed by atoms with Gasteiger partial charge < -0.3 is 0 Å². The van der Waals surface area contributed by atoms with Gasteiger partial charge >= 0.3 is 0 Å². The van der Waals surface area contributed by atoms with Gasteiger partial charge in [-0.2, -0.15) is 0 Å². The van der Waals surface area contributed by atoms with E-state index in [2.05, 4.69) is 29.2 Å². The minimum Gasteiger partial charge on any atom is -0.300 e. The van der Waals surface area contributed by atoms with Crippen LogP contribution in [0.4, 0.5) is 0 Å². The quantitative estimate of drug-likeness (QED) is 0.707. The summed E-state index contributed by atoms with van der Waals surface area (Å²) < 4.78 is 0. The summed E-state index contributed by atoms with van der Waals surface area (Å²) in [5.74, 6) is 0.768. The SMILES string of the molecule is O=C1CCCCC(c2cccc3cccnc23)C1. The minimum atomic E-state index is 0.360. The fraction of sp³-hybridized carbons (Fsp3) is 0.375. The van der Waals surface area contributed by atoms with Crippen molar-refractivity contribution < 1.29 is 4.79 Å². The van der Waals surface area contributed by atoms with Gasteiger partial charge in [-0.15, -0.1) is 0 Å². The first-order chi connectivity index (χ1) is 8.84. The molecule has 0 N–H and O–H groups in total. The Kier molecular flexibility index (Phi) is 3.09. The number of hydrogen-bond donors (Lipinski definition) is 0. The van der Waals surface area contributed by atoms with E-state index in [1.165, 1.54) is 10.9 Å². The number of aromatic nitrogens is 1. The first-order valence-corrected chi connectivity index (χ1v) is 6.70. The van der Waals surface area contributed by atoms with E-state index in [1.807, 2.05) is 12.3 Å². The third-order valence-corrected chi connectivity index (χ3v) is 3.84. The molecule has 1 aliphatic rings. The first-order valence-electron chi connectivity index (χ1n) is 6.70. The van der Waals surface area contributed by atoms with E-state index >= 15 is 0 Å². The lowest BCUT2D eigenvalue weighted by Crippen LogP contribution is -2.04. The van der Waals surface area contributed by atoms with E-state index in [-0.39, 0.29) is 0 Å². The van der Waals surface area contributed by atoms with Gasteiger partial charge in [0, 0.05) is 24.4 Å². The Balaban J connectivity index is 2.05. The van der Waals surface area contributed by atoms with Gasteiger partial charge in [-0.25, -0.2) is 0 Å². The van der Waals surface area contributed by atoms with E-state index in [0.717, 1.165) is 31.2 Å². The van der Waals surface area contributed by atoms with Crippen LogP contribution in [0, 0.1) is 0 Å². The van der Waals surface area contributed by atoms with Crippen LogP contribution in [0.15, 0.2) is 36.5 Å². The van der Waals surface area contributed by atoms with Gasteiger partial charge in [-0.1, -0.05) is 30.7 Å². The van der Waals surface area contributed by atoms with Crippen LogP contribution >= 0.6 is 0 Å². The van der Waals surface area contributed by atoms with Crippen LogP contribution in [0.3, 0.4) is 0 Å². The van der Waals surface area contributed by atoms with Crippen molar-refractivity contribution in [2.75, 3.05) is 0 Å². The molecule has 1 fully saturated rings. The summed E-state index contributed by atoms with van der Waals surface area (Å²) in [6.45, 7) is 0. The summed E-state index contributed by atoms with van der Waals surface area (Å²) in [6, 6.07) is 10.4. The summed E-state index contributed by atoms with van der Waals surface area (Å²) in [4.78, 5) is 16.3. The van der Waals surface area contributed by atoms with Gasteiger partial charge in [0.1, 0.15) is 5.78 Å². The summed E-state index contributed by atoms with van der Waals surface area (Å²) in [5, 5.41) is 1.17. The molecule has 18 heavy (non-hydrogen) atoms. The highest BCUT2D eigenvalue weighted by molar-refractivity contribution is 5.84. The Labute approximate surface area is 107 Å². The van der Waals surface area contributed by atoms with Crippen molar-refractivity contribution >= 4 is 16.7 Å². The van der Waals surface area contributed by atoms with Gasteiger partial charge in [0.05, 0.1) is 5.52 Å². The second kappa shape index (κ2) is 4.89. The van der Waals surface area contributed by atoms with Gasteiger partial charge in [0.15, 0.2) is 0 Å². The number of carbonyl (C=O) groups excluding carboxylic acids is 1. The van der Waals surface area contributed by atoms with Crippen LogP contribution in [-0.4, -0.2) is 10.8 Å². The maximum absolute atomic E-state index is 11.8. The van der Waals surface area contributed by atoms with Crippen molar-refractivity contribution in [3.8, 4) is 0 Å². The van der Waals surface area contributed by atoms with Gasteiger partial charge in [-0.3, -0.25) is 9.78 Å². The Morgan fingerprint density at radius 3 is 2.94 bits per heavy atom. The number of carbonyl (C=O) groups is 1. The predicted molar refractivity (Wildman–Crippen MR) is 72.6 cm³/mol. The van der Waals surface area contributed by atoms with Crippen molar-refractivity contribution in [3.63, 3.8) is 0 Å². The van der Waals surface area contributed by atoms with E-state index in [0.29, 0.717) is 18.1 Å². The van der Waals surface area contributed by atoms with Crippen LogP contribution in [0.5, 0.6) is 0 Å². The highest BCUT2D eigenvalue weighted by Crippen LogP contribution is 2.33. The Bertz CT molecular complexity index is 571. The molecule has 1 aliphatic carbocycles. The number of Topliss-reactive ketones (excluding diaryl/α,β-unsaturated/α-hetero) is 1. The maximum atomic E-state index is 11.8. The van der Waals surface area contributed by atoms with Gasteiger partial charge in [0.25, 0.3) is 0 Å². The van der Waals surface area contributed by atoms with Crippen LogP contribution in [0.2, 0.25) is 0 Å². The average Bonchev–Trinajstić information content (AvgIpc) is 2.63. The van der Waals surface area contributed by atoms with E-state index in [4.69, 9.17) is 0 Å². The van der Waals surface area contributed by atoms with Crippen molar-refractivity contribution in [2.24, 2.45) is 0 Å². The zero-order chi connectivity index (χ0) is 12.4. The Morgan fingerprint density at radius 1 is 1.11 bits per heavy atom. The molecule has 0 radical (unpaired) electrons. The molecule has 1 saturated carbocycles. The van der Waals surface area contributed by atoms with Crippen molar-refractivity contribution in [3.05, 3.63) is 42.1 Å². The number of ketones is 1. The number of hydrogen-bond acceptors (Lipinski definition) is 2. The number of pyridine rings is 1. The fourth-order valence-electron chi connectivity index (χ4n) is 2.91. The lowest BCUT2D eigenvalue weighted by atomic mass is 9.90. The largest absolute Gasteiger partial charge is 0.300 e. The second-order valence-electron chi connectivity index (χ2n) is 5.11. The lowest BCUT2D eigenvalue weighted by Gasteiger charge is -2.15. The molecule has 3 rings (SSSR count). The van der Waals surface area contributed by atoms with Crippen LogP contribution in [0.1, 0.15) is 43.6 Å². The molecule has 92 valence electrons. The number of nitrogens with zero attached hydrogens (tertiary/aromatic N) is 1. The molecule has 0 aliphatic heterocycles. The van der Waals surface area contributed by atoms with Crippen LogP contribution < -0.4 is 0 Å². The highest BCUT2D eigenvalue weighted by atomic mass is 16.1. The average molecular weight is 239 g/mol. The predicted octanol–water partition coefficient (Wildman–Crippen LogP) is 3.85. The lowest BCUT2D eigenvalue weighted by molar-refractivity contribution is -0.119. The minimum absolute atomic E-state index is 0.360. The molecular formula is C16H17NO. The molecule has 2 heteroatoms. The number of fused-ring (bicyclic) bond motifs is 1. The van der Waals surface area contributed by atoms with E-state index < -0.39 is 0 Å². The number of para-hydroxylation sites is 1. The van der Waals surface area contributed by atoms with Crippen molar-refractivity contribution in [1.29, 1.82) is 0 Å². The molecule has 0 spiro atoms. The molecule has 0 amide bonds. The topological polar surface area (TPSA) is 30.0 Å². The zero-order valence-electron chi connectivity index (χ0n) is 10.4. The second-order valence-corrected chi connectivity index (χ2v) is 5.11. The summed E-state index contributed by atoms with van der Waals surface area (Å²) in [6.07, 6.45) is 6.60. The molecule has 0 bridgehead atoms. The Morgan fingerprint density at radius 2 is 2.00 bits per heavy atom. The van der Waals surface area contributed by atoms with E-state index in [9.17, 15) is 4.79 Å². The van der Waals surface area contributed by atoms with E-state index in [1.54, 1.807) is 0 Å². The summed E-state index contributed by atoms with van der Waals surface area (Å²) >= 11 is 0. The molecule has 2 nitrogen and oxygen atoms in total. The zero-order valence-corrected chi connectivity index (χ0v) is 10.4. The standard InChI is InChI=1S/C16H17NO/c18-14-8-2-1-5-13(11-14)15-9-3-6-12-7-4-10-17-16(12)15/h3-4,6-7,9-10,13H,1-2,5,8,11H2. The first kappa shape index (κ1) is 11.4. The molecule has 1 unspecified atom stereocenters. The smallest absolute Gasteiger partial charge is 0.133 e. The van der Waals surface area contributed by atoms with Crippen molar-refractivity contribution in [1.82, 2.24) is 4.98 Å².